The smallest absolute Gasteiger partial charge is 0.303 e. The van der Waals surface area contributed by atoms with Gasteiger partial charge in [0.15, 0.2) is 0 Å². The predicted molar refractivity (Wildman–Crippen MR) is 159 cm³/mol. The molecule has 234 valence electrons. The highest BCUT2D eigenvalue weighted by molar-refractivity contribution is 8.00. The Morgan fingerprint density at radius 1 is 1.09 bits per heavy atom. The highest BCUT2D eigenvalue weighted by Crippen LogP contribution is 2.36. The lowest BCUT2D eigenvalue weighted by Gasteiger charge is -2.33. The van der Waals surface area contributed by atoms with E-state index in [2.05, 4.69) is 0 Å². The summed E-state index contributed by atoms with van der Waals surface area (Å²) in [4.78, 5) is 39.5. The summed E-state index contributed by atoms with van der Waals surface area (Å²) < 4.78 is 50.5. The van der Waals surface area contributed by atoms with Crippen molar-refractivity contribution in [2.45, 2.75) is 55.0 Å². The lowest BCUT2D eigenvalue weighted by Crippen LogP contribution is -2.45. The molecular formula is C32H29F3N4O5S. The lowest BCUT2D eigenvalue weighted by atomic mass is 10.1. The Hall–Kier alpha value is -4.70. The van der Waals surface area contributed by atoms with E-state index in [9.17, 15) is 18.8 Å². The van der Waals surface area contributed by atoms with E-state index < -0.39 is 47.9 Å². The summed E-state index contributed by atoms with van der Waals surface area (Å²) in [6.45, 7) is 0.575. The van der Waals surface area contributed by atoms with Gasteiger partial charge in [-0.25, -0.2) is 13.2 Å². The molecule has 5 rings (SSSR count). The standard InChI is InChI=1S/C32H29F3N4O5S/c33-24-13-20(45-19-8-10-38(11-9-19)27-5-4-18(15-36)12-26(27)35)14-25(34)23(24)17-44-29-3-1-2-21-22(29)16-39(32(21)43)28(31(37)42)6-7-30(40)41/h1-5,12-14,19,28H,6-11,16-17H2,(H2,37,42)(H,40,41). The number of carboxylic acids is 1. The highest BCUT2D eigenvalue weighted by Gasteiger charge is 2.37. The fourth-order valence-electron chi connectivity index (χ4n) is 5.60. The zero-order chi connectivity index (χ0) is 32.2. The van der Waals surface area contributed by atoms with Gasteiger partial charge in [-0.1, -0.05) is 6.07 Å². The largest absolute Gasteiger partial charge is 0.488 e. The molecular weight excluding hydrogens is 609 g/mol. The van der Waals surface area contributed by atoms with E-state index in [0.717, 1.165) is 0 Å². The van der Waals surface area contributed by atoms with Gasteiger partial charge in [0.1, 0.15) is 35.8 Å². The van der Waals surface area contributed by atoms with Crippen LogP contribution in [0.15, 0.2) is 53.4 Å². The van der Waals surface area contributed by atoms with Gasteiger partial charge < -0.3 is 25.4 Å². The van der Waals surface area contributed by atoms with Crippen LogP contribution in [0.5, 0.6) is 5.75 Å². The zero-order valence-electron chi connectivity index (χ0n) is 24.0. The first-order chi connectivity index (χ1) is 21.5. The van der Waals surface area contributed by atoms with Gasteiger partial charge in [0.25, 0.3) is 5.91 Å². The van der Waals surface area contributed by atoms with Crippen LogP contribution in [0, 0.1) is 28.8 Å². The number of hydrogen-bond donors (Lipinski definition) is 2. The van der Waals surface area contributed by atoms with Crippen LogP contribution >= 0.6 is 11.8 Å². The molecule has 9 nitrogen and oxygen atoms in total. The molecule has 45 heavy (non-hydrogen) atoms. The summed E-state index contributed by atoms with van der Waals surface area (Å²) in [5.41, 5.74) is 6.47. The second-order valence-electron chi connectivity index (χ2n) is 10.8. The number of nitrogens with zero attached hydrogens (tertiary/aromatic N) is 3. The SMILES string of the molecule is N#Cc1ccc(N2CCC(Sc3cc(F)c(COc4cccc5c4CN(C(CCC(=O)O)C(N)=O)C5=O)c(F)c3)CC2)c(F)c1. The average Bonchev–Trinajstić information content (AvgIpc) is 3.33. The van der Waals surface area contributed by atoms with Crippen molar-refractivity contribution < 1.29 is 37.4 Å². The van der Waals surface area contributed by atoms with Gasteiger partial charge in [-0.3, -0.25) is 14.4 Å². The molecule has 1 atom stereocenters. The molecule has 0 radical (unpaired) electrons. The van der Waals surface area contributed by atoms with Crippen LogP contribution in [-0.4, -0.2) is 52.2 Å². The van der Waals surface area contributed by atoms with Gasteiger partial charge in [-0.05, 0) is 61.7 Å². The Balaban J connectivity index is 1.21. The summed E-state index contributed by atoms with van der Waals surface area (Å²) in [5.74, 6) is -4.33. The number of thioether (sulfide) groups is 1. The maximum Gasteiger partial charge on any atom is 0.303 e. The van der Waals surface area contributed by atoms with Crippen molar-refractivity contribution in [1.29, 1.82) is 5.26 Å². The number of rotatable bonds is 11. The molecule has 0 bridgehead atoms. The third kappa shape index (κ3) is 7.01. The first-order valence-corrected chi connectivity index (χ1v) is 15.1. The molecule has 2 heterocycles. The monoisotopic (exact) mass is 638 g/mol. The Labute approximate surface area is 261 Å². The fourth-order valence-corrected chi connectivity index (χ4v) is 6.77. The van der Waals surface area contributed by atoms with Crippen LogP contribution in [0.25, 0.3) is 0 Å². The Kier molecular flexibility index (Phi) is 9.53. The van der Waals surface area contributed by atoms with Crippen LogP contribution in [-0.2, 0) is 22.7 Å². The average molecular weight is 639 g/mol. The van der Waals surface area contributed by atoms with E-state index in [4.69, 9.17) is 20.8 Å². The number of anilines is 1. The predicted octanol–water partition coefficient (Wildman–Crippen LogP) is 4.99. The molecule has 2 aliphatic rings. The van der Waals surface area contributed by atoms with Crippen molar-refractivity contribution in [2.24, 2.45) is 5.73 Å². The van der Waals surface area contributed by atoms with Gasteiger partial charge in [-0.15, -0.1) is 11.8 Å². The van der Waals surface area contributed by atoms with Crippen LogP contribution in [0.4, 0.5) is 18.9 Å². The summed E-state index contributed by atoms with van der Waals surface area (Å²) in [5, 5.41) is 18.0. The third-order valence-corrected chi connectivity index (χ3v) is 9.25. The summed E-state index contributed by atoms with van der Waals surface area (Å²) in [6.07, 6.45) is 0.817. The first kappa shape index (κ1) is 31.7. The molecule has 3 N–H and O–H groups in total. The number of carbonyl (C=O) groups is 3. The van der Waals surface area contributed by atoms with Crippen molar-refractivity contribution in [3.63, 3.8) is 0 Å². The number of benzene rings is 3. The minimum atomic E-state index is -1.14. The second-order valence-corrected chi connectivity index (χ2v) is 12.2. The minimum Gasteiger partial charge on any atom is -0.488 e. The van der Waals surface area contributed by atoms with Crippen LogP contribution in [0.1, 0.15) is 52.7 Å². The van der Waals surface area contributed by atoms with Crippen molar-refractivity contribution in [2.75, 3.05) is 18.0 Å². The van der Waals surface area contributed by atoms with E-state index in [1.54, 1.807) is 24.3 Å². The molecule has 0 saturated carbocycles. The number of aliphatic carboxylic acids is 1. The number of nitriles is 1. The number of carboxylic acid groups (broad SMARTS) is 1. The van der Waals surface area contributed by atoms with Gasteiger partial charge in [0.2, 0.25) is 5.91 Å². The number of hydrogen-bond acceptors (Lipinski definition) is 7. The summed E-state index contributed by atoms with van der Waals surface area (Å²) >= 11 is 1.35. The van der Waals surface area contributed by atoms with E-state index in [1.165, 1.54) is 40.9 Å². The number of halogens is 3. The number of piperidine rings is 1. The Morgan fingerprint density at radius 3 is 2.42 bits per heavy atom. The number of carbonyl (C=O) groups excluding carboxylic acids is 2. The van der Waals surface area contributed by atoms with Gasteiger partial charge in [0.05, 0.1) is 29.4 Å². The highest BCUT2D eigenvalue weighted by atomic mass is 32.2. The van der Waals surface area contributed by atoms with Crippen LogP contribution in [0.2, 0.25) is 0 Å². The van der Waals surface area contributed by atoms with Crippen molar-refractivity contribution >= 4 is 35.2 Å². The zero-order valence-corrected chi connectivity index (χ0v) is 24.8. The maximum atomic E-state index is 15.1. The van der Waals surface area contributed by atoms with Crippen molar-refractivity contribution in [1.82, 2.24) is 4.90 Å². The van der Waals surface area contributed by atoms with Crippen LogP contribution < -0.4 is 15.4 Å². The lowest BCUT2D eigenvalue weighted by molar-refractivity contribution is -0.137. The number of amides is 2. The van der Waals surface area contributed by atoms with E-state index in [1.807, 2.05) is 11.0 Å². The molecule has 2 aliphatic heterocycles. The third-order valence-electron chi connectivity index (χ3n) is 7.94. The van der Waals surface area contributed by atoms with Crippen molar-refractivity contribution in [3.05, 3.63) is 88.2 Å². The maximum absolute atomic E-state index is 15.1. The molecule has 3 aromatic carbocycles. The topological polar surface area (TPSA) is 137 Å². The second kappa shape index (κ2) is 13.5. The van der Waals surface area contributed by atoms with Gasteiger partial charge >= 0.3 is 5.97 Å². The Morgan fingerprint density at radius 2 is 1.80 bits per heavy atom. The molecule has 3 aromatic rings. The van der Waals surface area contributed by atoms with Crippen molar-refractivity contribution in [3.8, 4) is 11.8 Å². The van der Waals surface area contributed by atoms with E-state index in [-0.39, 0.29) is 47.1 Å². The van der Waals surface area contributed by atoms with Gasteiger partial charge in [-0.2, -0.15) is 5.26 Å². The molecule has 0 spiro atoms. The molecule has 1 unspecified atom stereocenters. The number of nitrogens with two attached hydrogens (primary N) is 1. The minimum absolute atomic E-state index is 0.0655. The molecule has 2 amide bonds. The quantitative estimate of drug-likeness (QED) is 0.300. The number of primary amides is 1. The normalized spacial score (nSPS) is 15.5. The van der Waals surface area contributed by atoms with Crippen LogP contribution in [0.3, 0.4) is 0 Å². The molecule has 0 aromatic heterocycles. The Bertz CT molecular complexity index is 1670. The first-order valence-electron chi connectivity index (χ1n) is 14.2. The fraction of sp³-hybridized carbons (Fsp3) is 0.312. The molecule has 13 heteroatoms. The van der Waals surface area contributed by atoms with E-state index >= 15 is 8.78 Å². The molecule has 1 fully saturated rings. The summed E-state index contributed by atoms with van der Waals surface area (Å²) in [7, 11) is 0. The number of ether oxygens (including phenoxy) is 1. The molecule has 0 aliphatic carbocycles. The summed E-state index contributed by atoms with van der Waals surface area (Å²) in [6, 6.07) is 12.2. The number of fused-ring (bicyclic) bond motifs is 1. The van der Waals surface area contributed by atoms with E-state index in [0.29, 0.717) is 42.1 Å². The van der Waals surface area contributed by atoms with Gasteiger partial charge in [0, 0.05) is 40.8 Å². The molecule has 1 saturated heterocycles.